The third-order valence-corrected chi connectivity index (χ3v) is 8.62. The number of carbonyl (C=O) groups is 4. The van der Waals surface area contributed by atoms with Crippen molar-refractivity contribution in [2.24, 2.45) is 12.8 Å². The molecule has 5 rings (SSSR count). The Kier molecular flexibility index (Phi) is 10.9. The molecule has 3 amide bonds. The van der Waals surface area contributed by atoms with Crippen molar-refractivity contribution in [3.63, 3.8) is 0 Å². The number of esters is 1. The number of aromatic nitrogens is 2. The first-order valence-corrected chi connectivity index (χ1v) is 16.3. The Morgan fingerprint density at radius 2 is 1.50 bits per heavy atom. The van der Waals surface area contributed by atoms with Crippen LogP contribution in [0.15, 0.2) is 60.9 Å². The molecule has 4 aromatic rings. The van der Waals surface area contributed by atoms with E-state index >= 15 is 0 Å². The van der Waals surface area contributed by atoms with Gasteiger partial charge in [0.15, 0.2) is 0 Å². The van der Waals surface area contributed by atoms with E-state index in [9.17, 15) is 19.2 Å². The van der Waals surface area contributed by atoms with E-state index in [0.717, 1.165) is 65.2 Å². The molecular formula is C35H40ClN5O5. The lowest BCUT2D eigenvalue weighted by Gasteiger charge is -2.17. The van der Waals surface area contributed by atoms with E-state index in [-0.39, 0.29) is 12.5 Å². The topological polar surface area (TPSA) is 137 Å². The number of hydrogen-bond donors (Lipinski definition) is 3. The van der Waals surface area contributed by atoms with Gasteiger partial charge < -0.3 is 24.9 Å². The lowest BCUT2D eigenvalue weighted by atomic mass is 9.95. The molecule has 1 aliphatic heterocycles. The molecule has 242 valence electrons. The first-order valence-electron chi connectivity index (χ1n) is 15.8. The van der Waals surface area contributed by atoms with Gasteiger partial charge >= 0.3 is 5.97 Å². The summed E-state index contributed by atoms with van der Waals surface area (Å²) in [6.45, 7) is 1.51. The molecule has 46 heavy (non-hydrogen) atoms. The number of imide groups is 1. The van der Waals surface area contributed by atoms with Gasteiger partial charge in [-0.1, -0.05) is 42.8 Å². The largest absolute Gasteiger partial charge is 0.464 e. The van der Waals surface area contributed by atoms with Crippen molar-refractivity contribution < 1.29 is 23.9 Å². The first kappa shape index (κ1) is 33.0. The van der Waals surface area contributed by atoms with Crippen LogP contribution in [0.2, 0.25) is 0 Å². The minimum absolute atomic E-state index is 0.215. The molecule has 0 spiro atoms. The molecule has 11 heteroatoms. The highest BCUT2D eigenvalue weighted by Gasteiger charge is 2.35. The Morgan fingerprint density at radius 3 is 2.20 bits per heavy atom. The Hall–Kier alpha value is -4.41. The van der Waals surface area contributed by atoms with Crippen molar-refractivity contribution in [1.82, 2.24) is 19.8 Å². The molecule has 1 atom stereocenters. The van der Waals surface area contributed by atoms with Crippen LogP contribution in [-0.2, 0) is 37.5 Å². The normalized spacial score (nSPS) is 13.9. The van der Waals surface area contributed by atoms with Crippen LogP contribution < -0.4 is 16.4 Å². The summed E-state index contributed by atoms with van der Waals surface area (Å²) in [5, 5.41) is 6.99. The summed E-state index contributed by atoms with van der Waals surface area (Å²) in [5.41, 5.74) is 9.77. The zero-order valence-electron chi connectivity index (χ0n) is 26.0. The van der Waals surface area contributed by atoms with Crippen molar-refractivity contribution in [1.29, 1.82) is 0 Å². The summed E-state index contributed by atoms with van der Waals surface area (Å²) in [7, 11) is 1.93. The summed E-state index contributed by atoms with van der Waals surface area (Å²) in [6.07, 6.45) is 9.15. The molecule has 0 radical (unpaired) electrons. The molecule has 0 aliphatic carbocycles. The summed E-state index contributed by atoms with van der Waals surface area (Å²) >= 11 is 5.59. The maximum atomic E-state index is 13.3. The number of nitrogens with two attached hydrogens (primary N) is 1. The van der Waals surface area contributed by atoms with Crippen LogP contribution in [-0.4, -0.2) is 57.9 Å². The number of nitrogens with zero attached hydrogens (tertiary/aromatic N) is 2. The molecule has 1 unspecified atom stereocenters. The zero-order valence-corrected chi connectivity index (χ0v) is 26.8. The van der Waals surface area contributed by atoms with Crippen LogP contribution in [0, 0.1) is 0 Å². The Balaban J connectivity index is 1.24. The quantitative estimate of drug-likeness (QED) is 0.0702. The molecule has 0 fully saturated rings. The third kappa shape index (κ3) is 7.18. The van der Waals surface area contributed by atoms with Gasteiger partial charge in [0.2, 0.25) is 5.91 Å². The summed E-state index contributed by atoms with van der Waals surface area (Å²) < 4.78 is 9.56. The van der Waals surface area contributed by atoms with Crippen molar-refractivity contribution in [2.75, 3.05) is 19.0 Å². The fourth-order valence-corrected chi connectivity index (χ4v) is 6.20. The van der Waals surface area contributed by atoms with Crippen LogP contribution in [0.3, 0.4) is 0 Å². The van der Waals surface area contributed by atoms with Gasteiger partial charge in [0, 0.05) is 58.9 Å². The fraction of sp³-hybridized carbons (Fsp3) is 0.371. The van der Waals surface area contributed by atoms with E-state index in [1.165, 1.54) is 0 Å². The predicted molar refractivity (Wildman–Crippen MR) is 180 cm³/mol. The van der Waals surface area contributed by atoms with Crippen molar-refractivity contribution in [3.8, 4) is 0 Å². The van der Waals surface area contributed by atoms with Crippen LogP contribution in [0.4, 0.5) is 0 Å². The number of carbonyl (C=O) groups excluding carboxylic acids is 4. The molecule has 1 aliphatic rings. The number of unbranched alkanes of at least 4 members (excludes halogenated alkanes) is 4. The lowest BCUT2D eigenvalue weighted by molar-refractivity contribution is -0.148. The number of hydrogen-bond acceptors (Lipinski definition) is 6. The molecule has 0 saturated heterocycles. The van der Waals surface area contributed by atoms with Gasteiger partial charge in [0.25, 0.3) is 11.8 Å². The Bertz CT molecular complexity index is 1790. The van der Waals surface area contributed by atoms with Gasteiger partial charge in [0.05, 0.1) is 17.8 Å². The smallest absolute Gasteiger partial charge is 0.328 e. The van der Waals surface area contributed by atoms with E-state index < -0.39 is 29.7 Å². The number of halogens is 1. The summed E-state index contributed by atoms with van der Waals surface area (Å²) in [5.74, 6) is -1.86. The monoisotopic (exact) mass is 645 g/mol. The lowest BCUT2D eigenvalue weighted by Crippen LogP contribution is -2.42. The van der Waals surface area contributed by atoms with E-state index in [0.29, 0.717) is 37.0 Å². The van der Waals surface area contributed by atoms with Gasteiger partial charge in [-0.2, -0.15) is 0 Å². The number of nitrogens with one attached hydrogen (secondary N) is 2. The predicted octanol–water partition coefficient (Wildman–Crippen LogP) is 4.66. The molecule has 10 nitrogen and oxygen atoms in total. The fourth-order valence-electron chi connectivity index (χ4n) is 6.13. The van der Waals surface area contributed by atoms with E-state index in [1.54, 1.807) is 0 Å². The van der Waals surface area contributed by atoms with E-state index in [4.69, 9.17) is 22.1 Å². The van der Waals surface area contributed by atoms with Crippen molar-refractivity contribution in [3.05, 3.63) is 72.1 Å². The molecule has 4 N–H and O–H groups in total. The van der Waals surface area contributed by atoms with Crippen LogP contribution in [0.1, 0.15) is 56.1 Å². The average Bonchev–Trinajstić information content (AvgIpc) is 3.69. The minimum atomic E-state index is -0.720. The van der Waals surface area contributed by atoms with Crippen LogP contribution >= 0.6 is 11.6 Å². The Labute approximate surface area is 272 Å². The average molecular weight is 646 g/mol. The highest BCUT2D eigenvalue weighted by Crippen LogP contribution is 2.38. The Morgan fingerprint density at radius 1 is 0.870 bits per heavy atom. The second-order valence-electron chi connectivity index (χ2n) is 11.6. The molecular weight excluding hydrogens is 606 g/mol. The van der Waals surface area contributed by atoms with Gasteiger partial charge in [-0.15, -0.1) is 11.6 Å². The highest BCUT2D eigenvalue weighted by atomic mass is 35.5. The highest BCUT2D eigenvalue weighted by molar-refractivity contribution is 6.50. The number of fused-ring (bicyclic) bond motifs is 2. The molecule has 0 saturated carbocycles. The minimum Gasteiger partial charge on any atom is -0.464 e. The maximum Gasteiger partial charge on any atom is 0.328 e. The van der Waals surface area contributed by atoms with Gasteiger partial charge in [0.1, 0.15) is 11.9 Å². The second kappa shape index (κ2) is 15.2. The number of aryl methyl sites for hydroxylation is 2. The van der Waals surface area contributed by atoms with E-state index in [1.807, 2.05) is 72.5 Å². The molecule has 2 aromatic carbocycles. The van der Waals surface area contributed by atoms with Crippen LogP contribution in [0.5, 0.6) is 0 Å². The second-order valence-corrected chi connectivity index (χ2v) is 11.8. The van der Waals surface area contributed by atoms with Gasteiger partial charge in [-0.25, -0.2) is 4.79 Å². The molecule has 3 heterocycles. The number of amides is 3. The zero-order chi connectivity index (χ0) is 32.6. The van der Waals surface area contributed by atoms with Crippen molar-refractivity contribution in [2.45, 2.75) is 57.5 Å². The van der Waals surface area contributed by atoms with Crippen LogP contribution in [0.25, 0.3) is 33.0 Å². The standard InChI is InChI=1S/C35H40ClN5O5/c1-40-21-25(23-12-4-6-15-28(23)40)31-32(34(44)39-33(31)43)26-22-41(29-16-7-5-13-24(26)29)18-10-2-3-11-19-46-35(45)27(14-8-9-17-37)38-30(42)20-36/h4-7,12-13,15-16,21-22,27H,2-3,8-11,14,17-20,37H2,1H3,(H,38,42)(H,39,43,44). The maximum absolute atomic E-state index is 13.3. The number of benzene rings is 2. The number of alkyl halides is 1. The van der Waals surface area contributed by atoms with Gasteiger partial charge in [-0.05, 0) is 57.2 Å². The number of ether oxygens (including phenoxy) is 1. The SMILES string of the molecule is Cn1cc(C2=C(c3cn(CCCCCCOC(=O)C(CCCCN)NC(=O)CCl)c4ccccc34)C(=O)NC2=O)c2ccccc21. The summed E-state index contributed by atoms with van der Waals surface area (Å²) in [4.78, 5) is 50.8. The molecule has 0 bridgehead atoms. The first-order chi connectivity index (χ1) is 22.3. The number of rotatable bonds is 16. The number of para-hydroxylation sites is 2. The van der Waals surface area contributed by atoms with E-state index in [2.05, 4.69) is 15.2 Å². The summed E-state index contributed by atoms with van der Waals surface area (Å²) in [6, 6.07) is 15.0. The van der Waals surface area contributed by atoms with Crippen molar-refractivity contribution >= 4 is 68.2 Å². The van der Waals surface area contributed by atoms with Gasteiger partial charge in [-0.3, -0.25) is 19.7 Å². The third-order valence-electron chi connectivity index (χ3n) is 8.38. The molecule has 2 aromatic heterocycles.